The molecule has 0 saturated carbocycles. The van der Waals surface area contributed by atoms with Crippen LogP contribution in [0.3, 0.4) is 0 Å². The van der Waals surface area contributed by atoms with Crippen LogP contribution < -0.4 is 5.32 Å². The van der Waals surface area contributed by atoms with Crippen LogP contribution in [0, 0.1) is 0 Å². The fourth-order valence-electron chi connectivity index (χ4n) is 2.59. The van der Waals surface area contributed by atoms with Gasteiger partial charge in [0.15, 0.2) is 6.04 Å². The number of carbonyl (C=O) groups is 2. The molecule has 5 heteroatoms. The van der Waals surface area contributed by atoms with Gasteiger partial charge in [0.05, 0.1) is 12.8 Å². The van der Waals surface area contributed by atoms with Crippen molar-refractivity contribution >= 4 is 11.9 Å². The maximum atomic E-state index is 12.7. The minimum atomic E-state index is -0.873. The molecule has 0 fully saturated rings. The molecule has 1 aromatic heterocycles. The first-order chi connectivity index (χ1) is 12.7. The number of nitrogens with zero attached hydrogens (tertiary/aromatic N) is 1. The summed E-state index contributed by atoms with van der Waals surface area (Å²) in [5, 5.41) is 2.74. The number of carbonyl (C=O) groups excluding carboxylic acids is 2. The first-order valence-corrected chi connectivity index (χ1v) is 8.14. The number of nitrogens with one attached hydrogen (secondary N) is 1. The minimum Gasteiger partial charge on any atom is -0.467 e. The highest BCUT2D eigenvalue weighted by Crippen LogP contribution is 2.19. The predicted octanol–water partition coefficient (Wildman–Crippen LogP) is 3.39. The molecule has 5 nitrogen and oxygen atoms in total. The van der Waals surface area contributed by atoms with Gasteiger partial charge in [-0.3, -0.25) is 9.78 Å². The highest BCUT2D eigenvalue weighted by molar-refractivity contribution is 5.97. The van der Waals surface area contributed by atoms with Crippen molar-refractivity contribution in [2.24, 2.45) is 0 Å². The summed E-state index contributed by atoms with van der Waals surface area (Å²) in [4.78, 5) is 29.1. The minimum absolute atomic E-state index is 0.371. The zero-order valence-corrected chi connectivity index (χ0v) is 14.3. The third-order valence-corrected chi connectivity index (χ3v) is 3.94. The van der Waals surface area contributed by atoms with Gasteiger partial charge in [-0.2, -0.15) is 0 Å². The number of esters is 1. The molecule has 0 spiro atoms. The molecule has 26 heavy (non-hydrogen) atoms. The zero-order valence-electron chi connectivity index (χ0n) is 14.3. The molecule has 0 aliphatic carbocycles. The monoisotopic (exact) mass is 346 g/mol. The summed E-state index contributed by atoms with van der Waals surface area (Å²) in [6.45, 7) is 0. The largest absolute Gasteiger partial charge is 0.467 e. The Labute approximate surface area is 151 Å². The molecule has 1 atom stereocenters. The topological polar surface area (TPSA) is 68.3 Å². The molecule has 1 N–H and O–H groups in total. The number of benzene rings is 2. The van der Waals surface area contributed by atoms with Crippen molar-refractivity contribution in [3.05, 3.63) is 90.1 Å². The lowest BCUT2D eigenvalue weighted by Crippen LogP contribution is -2.34. The maximum absolute atomic E-state index is 12.7. The summed E-state index contributed by atoms with van der Waals surface area (Å²) in [5.74, 6) is -0.897. The fourth-order valence-corrected chi connectivity index (χ4v) is 2.59. The molecule has 1 amide bonds. The van der Waals surface area contributed by atoms with Gasteiger partial charge >= 0.3 is 5.97 Å². The molecule has 0 unspecified atom stereocenters. The van der Waals surface area contributed by atoms with Gasteiger partial charge in [0, 0.05) is 17.3 Å². The van der Waals surface area contributed by atoms with Gasteiger partial charge in [-0.1, -0.05) is 60.7 Å². The van der Waals surface area contributed by atoms with E-state index in [2.05, 4.69) is 10.3 Å². The van der Waals surface area contributed by atoms with Crippen LogP contribution in [0.25, 0.3) is 11.3 Å². The number of aromatic nitrogens is 1. The van der Waals surface area contributed by atoms with Crippen molar-refractivity contribution in [1.82, 2.24) is 10.3 Å². The maximum Gasteiger partial charge on any atom is 0.333 e. The second-order valence-electron chi connectivity index (χ2n) is 5.64. The Bertz CT molecular complexity index is 895. The van der Waals surface area contributed by atoms with Gasteiger partial charge in [-0.25, -0.2) is 4.79 Å². The number of rotatable bonds is 5. The van der Waals surface area contributed by atoms with E-state index >= 15 is 0 Å². The highest BCUT2D eigenvalue weighted by atomic mass is 16.5. The quantitative estimate of drug-likeness (QED) is 0.719. The average molecular weight is 346 g/mol. The normalized spacial score (nSPS) is 11.4. The third-order valence-electron chi connectivity index (χ3n) is 3.94. The summed E-state index contributed by atoms with van der Waals surface area (Å²) in [6, 6.07) is 21.0. The van der Waals surface area contributed by atoms with Crippen molar-refractivity contribution in [3.8, 4) is 11.3 Å². The molecule has 0 bridgehead atoms. The van der Waals surface area contributed by atoms with Crippen LogP contribution in [-0.2, 0) is 9.53 Å². The van der Waals surface area contributed by atoms with Gasteiger partial charge < -0.3 is 10.1 Å². The van der Waals surface area contributed by atoms with E-state index < -0.39 is 12.0 Å². The Balaban J connectivity index is 1.85. The molecule has 0 saturated heterocycles. The summed E-state index contributed by atoms with van der Waals surface area (Å²) in [5.41, 5.74) is 2.68. The number of hydrogen-bond acceptors (Lipinski definition) is 4. The number of ether oxygens (including phenoxy) is 1. The van der Waals surface area contributed by atoms with E-state index in [0.717, 1.165) is 5.56 Å². The van der Waals surface area contributed by atoms with Gasteiger partial charge in [-0.05, 0) is 17.7 Å². The molecule has 0 aliphatic heterocycles. The molecule has 3 rings (SSSR count). The molecule has 2 aromatic carbocycles. The molecule has 3 aromatic rings. The van der Waals surface area contributed by atoms with E-state index in [9.17, 15) is 9.59 Å². The van der Waals surface area contributed by atoms with E-state index in [1.165, 1.54) is 7.11 Å². The molecular weight excluding hydrogens is 328 g/mol. The van der Waals surface area contributed by atoms with Crippen molar-refractivity contribution in [2.75, 3.05) is 7.11 Å². The lowest BCUT2D eigenvalue weighted by Gasteiger charge is -2.17. The smallest absolute Gasteiger partial charge is 0.333 e. The van der Waals surface area contributed by atoms with Gasteiger partial charge in [0.1, 0.15) is 0 Å². The summed E-state index contributed by atoms with van der Waals surface area (Å²) in [7, 11) is 1.30. The third kappa shape index (κ3) is 3.95. The number of hydrogen-bond donors (Lipinski definition) is 1. The Morgan fingerprint density at radius 3 is 2.27 bits per heavy atom. The van der Waals surface area contributed by atoms with Gasteiger partial charge in [0.2, 0.25) is 0 Å². The standard InChI is InChI=1S/C21H18N2O3/c1-26-21(25)19(16-10-6-3-7-11-16)23-20(24)17-12-13-22-18(14-17)15-8-4-2-5-9-15/h2-14,19H,1H3,(H,23,24)/t19-/m0/s1. The fraction of sp³-hybridized carbons (Fsp3) is 0.0952. The number of pyridine rings is 1. The lowest BCUT2D eigenvalue weighted by molar-refractivity contribution is -0.143. The summed E-state index contributed by atoms with van der Waals surface area (Å²) >= 11 is 0. The van der Waals surface area contributed by atoms with Crippen LogP contribution in [0.1, 0.15) is 22.0 Å². The van der Waals surface area contributed by atoms with E-state index in [1.807, 2.05) is 36.4 Å². The first kappa shape index (κ1) is 17.4. The Kier molecular flexibility index (Phi) is 5.39. The van der Waals surface area contributed by atoms with E-state index in [1.54, 1.807) is 42.6 Å². The lowest BCUT2D eigenvalue weighted by atomic mass is 10.1. The zero-order chi connectivity index (χ0) is 18.4. The molecule has 0 aliphatic rings. The second kappa shape index (κ2) is 8.07. The second-order valence-corrected chi connectivity index (χ2v) is 5.64. The Hall–Kier alpha value is -3.47. The average Bonchev–Trinajstić information content (AvgIpc) is 2.72. The SMILES string of the molecule is COC(=O)[C@@H](NC(=O)c1ccnc(-c2ccccc2)c1)c1ccccc1. The summed E-state index contributed by atoms with van der Waals surface area (Å²) in [6.07, 6.45) is 1.58. The van der Waals surface area contributed by atoms with Crippen LogP contribution in [-0.4, -0.2) is 24.0 Å². The van der Waals surface area contributed by atoms with E-state index in [-0.39, 0.29) is 5.91 Å². The van der Waals surface area contributed by atoms with Crippen molar-refractivity contribution in [2.45, 2.75) is 6.04 Å². The molecule has 1 heterocycles. The van der Waals surface area contributed by atoms with Gasteiger partial charge in [0.25, 0.3) is 5.91 Å². The van der Waals surface area contributed by atoms with Crippen LogP contribution in [0.2, 0.25) is 0 Å². The van der Waals surface area contributed by atoms with E-state index in [4.69, 9.17) is 4.74 Å². The predicted molar refractivity (Wildman–Crippen MR) is 98.3 cm³/mol. The van der Waals surface area contributed by atoms with Crippen LogP contribution >= 0.6 is 0 Å². The number of amides is 1. The van der Waals surface area contributed by atoms with Gasteiger partial charge in [-0.15, -0.1) is 0 Å². The van der Waals surface area contributed by atoms with E-state index in [0.29, 0.717) is 16.8 Å². The molecule has 130 valence electrons. The summed E-state index contributed by atoms with van der Waals surface area (Å²) < 4.78 is 4.83. The highest BCUT2D eigenvalue weighted by Gasteiger charge is 2.24. The van der Waals surface area contributed by atoms with Crippen molar-refractivity contribution in [3.63, 3.8) is 0 Å². The van der Waals surface area contributed by atoms with Crippen LogP contribution in [0.4, 0.5) is 0 Å². The van der Waals surface area contributed by atoms with Crippen molar-refractivity contribution < 1.29 is 14.3 Å². The molecular formula is C21H18N2O3. The Morgan fingerprint density at radius 2 is 1.62 bits per heavy atom. The van der Waals surface area contributed by atoms with Crippen molar-refractivity contribution in [1.29, 1.82) is 0 Å². The van der Waals surface area contributed by atoms with Crippen LogP contribution in [0.5, 0.6) is 0 Å². The van der Waals surface area contributed by atoms with Crippen LogP contribution in [0.15, 0.2) is 79.0 Å². The molecule has 0 radical (unpaired) electrons. The first-order valence-electron chi connectivity index (χ1n) is 8.14. The number of methoxy groups -OCH3 is 1. The Morgan fingerprint density at radius 1 is 0.962 bits per heavy atom.